The van der Waals surface area contributed by atoms with Crippen molar-refractivity contribution in [2.75, 3.05) is 6.54 Å². The van der Waals surface area contributed by atoms with Gasteiger partial charge in [-0.25, -0.2) is 13.1 Å². The van der Waals surface area contributed by atoms with E-state index in [-0.39, 0.29) is 33.2 Å². The molecule has 172 valence electrons. The fraction of sp³-hybridized carbons (Fsp3) is 0.667. The Balaban J connectivity index is 2.06. The number of hydrogen-bond acceptors (Lipinski definition) is 5. The summed E-state index contributed by atoms with van der Waals surface area (Å²) in [5.41, 5.74) is 2.29. The van der Waals surface area contributed by atoms with Crippen LogP contribution in [0.1, 0.15) is 68.7 Å². The molecule has 1 fully saturated rings. The third-order valence-corrected chi connectivity index (χ3v) is 7.33. The summed E-state index contributed by atoms with van der Waals surface area (Å²) < 4.78 is 28.8. The molecule has 3 rings (SSSR count). The van der Waals surface area contributed by atoms with E-state index in [2.05, 4.69) is 76.9 Å². The summed E-state index contributed by atoms with van der Waals surface area (Å²) in [6.45, 7) is 20.5. The summed E-state index contributed by atoms with van der Waals surface area (Å²) in [5.74, 6) is 1.04. The molecule has 1 saturated heterocycles. The number of pyridine rings is 1. The molecule has 2 aliphatic rings. The van der Waals surface area contributed by atoms with Gasteiger partial charge in [-0.15, -0.1) is 0 Å². The van der Waals surface area contributed by atoms with Crippen LogP contribution in [-0.2, 0) is 10.0 Å². The molecular weight excluding hydrogens is 408 g/mol. The van der Waals surface area contributed by atoms with Gasteiger partial charge in [0.25, 0.3) is 0 Å². The van der Waals surface area contributed by atoms with E-state index in [9.17, 15) is 8.42 Å². The van der Waals surface area contributed by atoms with Gasteiger partial charge in [0.15, 0.2) is 0 Å². The van der Waals surface area contributed by atoms with Gasteiger partial charge < -0.3 is 4.90 Å². The van der Waals surface area contributed by atoms with E-state index >= 15 is 0 Å². The third-order valence-electron chi connectivity index (χ3n) is 5.83. The maximum atomic E-state index is 13.0. The molecule has 0 radical (unpaired) electrons. The number of aromatic nitrogens is 1. The Morgan fingerprint density at radius 2 is 1.68 bits per heavy atom. The Bertz CT molecular complexity index is 991. The zero-order valence-corrected chi connectivity index (χ0v) is 21.3. The van der Waals surface area contributed by atoms with Gasteiger partial charge in [-0.1, -0.05) is 62.3 Å². The van der Waals surface area contributed by atoms with Gasteiger partial charge in [0, 0.05) is 42.5 Å². The zero-order chi connectivity index (χ0) is 23.4. The van der Waals surface area contributed by atoms with Crippen LogP contribution in [-0.4, -0.2) is 42.8 Å². The SMILES string of the molecule is CC(C)(C)C1=NC(C(C)(C)C)C(C(C)(C)C)=C2CC(NS(=O)(=O)c3cccnc3)CN12. The summed E-state index contributed by atoms with van der Waals surface area (Å²) in [5, 5.41) is 0. The number of fused-ring (bicyclic) bond motifs is 1. The van der Waals surface area contributed by atoms with Crippen molar-refractivity contribution in [3.05, 3.63) is 35.8 Å². The Kier molecular flexibility index (Phi) is 5.94. The smallest absolute Gasteiger partial charge is 0.242 e. The lowest BCUT2D eigenvalue weighted by Gasteiger charge is -2.45. The maximum absolute atomic E-state index is 13.0. The second kappa shape index (κ2) is 7.69. The van der Waals surface area contributed by atoms with Gasteiger partial charge in [-0.3, -0.25) is 9.98 Å². The molecule has 2 unspecified atom stereocenters. The standard InChI is InChI=1S/C24H38N4O2S/c1-22(2,3)19-18-13-16(27-31(29,30)17-11-10-12-25-14-17)15-28(18)21(24(7,8)9)26-20(19)23(4,5)6/h10-12,14,16,20,27H,13,15H2,1-9H3. The molecule has 0 aliphatic carbocycles. The Morgan fingerprint density at radius 3 is 2.16 bits per heavy atom. The van der Waals surface area contributed by atoms with E-state index in [4.69, 9.17) is 4.99 Å². The van der Waals surface area contributed by atoms with Crippen LogP contribution in [0.5, 0.6) is 0 Å². The van der Waals surface area contributed by atoms with Crippen molar-refractivity contribution in [3.8, 4) is 0 Å². The Hall–Kier alpha value is -1.73. The largest absolute Gasteiger partial charge is 0.332 e. The fourth-order valence-corrected chi connectivity index (χ4v) is 5.75. The van der Waals surface area contributed by atoms with Gasteiger partial charge in [0.1, 0.15) is 10.7 Å². The zero-order valence-electron chi connectivity index (χ0n) is 20.4. The minimum Gasteiger partial charge on any atom is -0.332 e. The van der Waals surface area contributed by atoms with Crippen molar-refractivity contribution in [3.63, 3.8) is 0 Å². The average molecular weight is 447 g/mol. The van der Waals surface area contributed by atoms with Crippen LogP contribution in [0.15, 0.2) is 45.7 Å². The van der Waals surface area contributed by atoms with Crippen LogP contribution in [0.25, 0.3) is 0 Å². The van der Waals surface area contributed by atoms with E-state index in [0.29, 0.717) is 13.0 Å². The molecule has 31 heavy (non-hydrogen) atoms. The lowest BCUT2D eigenvalue weighted by atomic mass is 9.70. The van der Waals surface area contributed by atoms with Crippen molar-refractivity contribution in [1.29, 1.82) is 0 Å². The highest BCUT2D eigenvalue weighted by atomic mass is 32.2. The molecule has 7 heteroatoms. The van der Waals surface area contributed by atoms with Crippen molar-refractivity contribution < 1.29 is 8.42 Å². The monoisotopic (exact) mass is 446 g/mol. The highest BCUT2D eigenvalue weighted by Gasteiger charge is 2.47. The van der Waals surface area contributed by atoms with Gasteiger partial charge in [0.05, 0.1) is 6.04 Å². The quantitative estimate of drug-likeness (QED) is 0.736. The van der Waals surface area contributed by atoms with Crippen LogP contribution in [0.2, 0.25) is 0 Å². The number of nitrogens with one attached hydrogen (secondary N) is 1. The van der Waals surface area contributed by atoms with E-state index in [1.54, 1.807) is 18.3 Å². The molecule has 0 spiro atoms. The fourth-order valence-electron chi connectivity index (χ4n) is 4.56. The van der Waals surface area contributed by atoms with E-state index in [0.717, 1.165) is 5.84 Å². The molecule has 0 aromatic carbocycles. The van der Waals surface area contributed by atoms with E-state index in [1.165, 1.54) is 17.5 Å². The summed E-state index contributed by atoms with van der Waals surface area (Å²) in [6, 6.07) is 3.06. The number of rotatable bonds is 3. The predicted molar refractivity (Wildman–Crippen MR) is 126 cm³/mol. The normalized spacial score (nSPS) is 23.1. The average Bonchev–Trinajstić information content (AvgIpc) is 3.00. The topological polar surface area (TPSA) is 74.7 Å². The molecule has 0 bridgehead atoms. The number of hydrogen-bond donors (Lipinski definition) is 1. The van der Waals surface area contributed by atoms with Crippen LogP contribution in [0.4, 0.5) is 0 Å². The first kappa shape index (κ1) is 23.9. The van der Waals surface area contributed by atoms with Crippen LogP contribution < -0.4 is 4.72 Å². The molecule has 2 atom stereocenters. The van der Waals surface area contributed by atoms with E-state index < -0.39 is 10.0 Å². The lowest BCUT2D eigenvalue weighted by Crippen LogP contribution is -2.47. The minimum atomic E-state index is -3.64. The predicted octanol–water partition coefficient (Wildman–Crippen LogP) is 4.61. The molecule has 1 aromatic heterocycles. The van der Waals surface area contributed by atoms with Crippen molar-refractivity contribution in [1.82, 2.24) is 14.6 Å². The highest BCUT2D eigenvalue weighted by molar-refractivity contribution is 7.89. The molecule has 1 aromatic rings. The number of nitrogens with zero attached hydrogens (tertiary/aromatic N) is 3. The molecular formula is C24H38N4O2S. The molecule has 3 heterocycles. The number of sulfonamides is 1. The summed E-state index contributed by atoms with van der Waals surface area (Å²) >= 11 is 0. The molecule has 0 saturated carbocycles. The second-order valence-electron chi connectivity index (χ2n) is 11.9. The number of aliphatic imine (C=N–C) groups is 1. The first-order valence-corrected chi connectivity index (χ1v) is 12.5. The van der Waals surface area contributed by atoms with E-state index in [1.807, 2.05) is 0 Å². The number of amidine groups is 1. The summed E-state index contributed by atoms with van der Waals surface area (Å²) in [6.07, 6.45) is 3.63. The first-order valence-electron chi connectivity index (χ1n) is 11.0. The second-order valence-corrected chi connectivity index (χ2v) is 13.6. The molecule has 1 N–H and O–H groups in total. The van der Waals surface area contributed by atoms with Gasteiger partial charge in [-0.2, -0.15) is 0 Å². The Morgan fingerprint density at radius 1 is 1.03 bits per heavy atom. The summed E-state index contributed by atoms with van der Waals surface area (Å²) in [7, 11) is -3.64. The Labute approximate surface area is 188 Å². The molecule has 0 amide bonds. The van der Waals surface area contributed by atoms with Crippen LogP contribution in [0.3, 0.4) is 0 Å². The molecule has 2 aliphatic heterocycles. The minimum absolute atomic E-state index is 0.0362. The van der Waals surface area contributed by atoms with Crippen LogP contribution >= 0.6 is 0 Å². The highest BCUT2D eigenvalue weighted by Crippen LogP contribution is 2.47. The van der Waals surface area contributed by atoms with Crippen molar-refractivity contribution in [2.24, 2.45) is 21.2 Å². The van der Waals surface area contributed by atoms with Crippen LogP contribution in [0, 0.1) is 16.2 Å². The third kappa shape index (κ3) is 4.87. The van der Waals surface area contributed by atoms with Crippen molar-refractivity contribution in [2.45, 2.75) is 85.7 Å². The van der Waals surface area contributed by atoms with Gasteiger partial charge >= 0.3 is 0 Å². The summed E-state index contributed by atoms with van der Waals surface area (Å²) in [4.78, 5) is 11.7. The van der Waals surface area contributed by atoms with Gasteiger partial charge in [0.2, 0.25) is 10.0 Å². The van der Waals surface area contributed by atoms with Crippen molar-refractivity contribution >= 4 is 15.9 Å². The lowest BCUT2D eigenvalue weighted by molar-refractivity contribution is 0.285. The first-order chi connectivity index (χ1) is 14.0. The maximum Gasteiger partial charge on any atom is 0.242 e. The molecule has 6 nitrogen and oxygen atoms in total. The van der Waals surface area contributed by atoms with Gasteiger partial charge in [-0.05, 0) is 28.5 Å².